The highest BCUT2D eigenvalue weighted by Gasteiger charge is 2.32. The molecular weight excluding hydrogens is 248 g/mol. The number of aromatic nitrogens is 4. The van der Waals surface area contributed by atoms with E-state index < -0.39 is 0 Å². The second-order valence-electron chi connectivity index (χ2n) is 4.62. The number of rotatable bonds is 3. The van der Waals surface area contributed by atoms with Crippen molar-refractivity contribution in [3.63, 3.8) is 0 Å². The Kier molecular flexibility index (Phi) is 2.92. The molecule has 0 amide bonds. The molecular formula is C12H14N4O3. The van der Waals surface area contributed by atoms with Gasteiger partial charge in [0.2, 0.25) is 0 Å². The van der Waals surface area contributed by atoms with Gasteiger partial charge in [-0.25, -0.2) is 9.97 Å². The van der Waals surface area contributed by atoms with Gasteiger partial charge in [0.05, 0.1) is 18.7 Å². The van der Waals surface area contributed by atoms with Gasteiger partial charge in [0.1, 0.15) is 0 Å². The summed E-state index contributed by atoms with van der Waals surface area (Å²) >= 11 is 0. The van der Waals surface area contributed by atoms with Gasteiger partial charge in [-0.15, -0.1) is 0 Å². The predicted octanol–water partition coefficient (Wildman–Crippen LogP) is -0.552. The quantitative estimate of drug-likeness (QED) is 0.644. The van der Waals surface area contributed by atoms with E-state index in [4.69, 9.17) is 0 Å². The van der Waals surface area contributed by atoms with Crippen LogP contribution >= 0.6 is 0 Å². The first-order chi connectivity index (χ1) is 9.26. The predicted molar refractivity (Wildman–Crippen MR) is 67.5 cm³/mol. The van der Waals surface area contributed by atoms with Crippen LogP contribution in [0.25, 0.3) is 11.2 Å². The summed E-state index contributed by atoms with van der Waals surface area (Å²) in [5.74, 6) is -0.224. The molecule has 3 N–H and O–H groups in total. The molecule has 3 atom stereocenters. The van der Waals surface area contributed by atoms with E-state index in [2.05, 4.69) is 15.0 Å². The molecule has 0 saturated carbocycles. The summed E-state index contributed by atoms with van der Waals surface area (Å²) in [5.41, 5.74) is 0.473. The smallest absolute Gasteiger partial charge is 0.278 e. The van der Waals surface area contributed by atoms with Crippen molar-refractivity contribution in [3.05, 3.63) is 35.2 Å². The summed E-state index contributed by atoms with van der Waals surface area (Å²) in [4.78, 5) is 22.3. The van der Waals surface area contributed by atoms with Gasteiger partial charge in [-0.1, -0.05) is 12.2 Å². The maximum atomic E-state index is 11.6. The number of aromatic amines is 1. The summed E-state index contributed by atoms with van der Waals surface area (Å²) in [5, 5.41) is 18.8. The molecule has 2 heterocycles. The number of allylic oxidation sites excluding steroid dienone is 1. The Morgan fingerprint density at radius 2 is 2.11 bits per heavy atom. The lowest BCUT2D eigenvalue weighted by Crippen LogP contribution is -2.25. The van der Waals surface area contributed by atoms with Crippen LogP contribution in [-0.4, -0.2) is 42.9 Å². The molecule has 0 saturated heterocycles. The zero-order valence-corrected chi connectivity index (χ0v) is 10.1. The van der Waals surface area contributed by atoms with E-state index in [-0.39, 0.29) is 42.2 Å². The van der Waals surface area contributed by atoms with Crippen molar-refractivity contribution in [1.29, 1.82) is 0 Å². The van der Waals surface area contributed by atoms with E-state index in [9.17, 15) is 15.0 Å². The molecule has 0 spiro atoms. The summed E-state index contributed by atoms with van der Waals surface area (Å²) in [6.45, 7) is -0.0649. The van der Waals surface area contributed by atoms with Crippen LogP contribution in [0.3, 0.4) is 0 Å². The Hall–Kier alpha value is -1.99. The molecule has 7 heteroatoms. The summed E-state index contributed by atoms with van der Waals surface area (Å²) in [7, 11) is 0. The van der Waals surface area contributed by atoms with E-state index in [0.29, 0.717) is 5.65 Å². The number of aliphatic hydroxyl groups is 2. The lowest BCUT2D eigenvalue weighted by atomic mass is 9.94. The Morgan fingerprint density at radius 3 is 2.84 bits per heavy atom. The number of H-pyrrole nitrogens is 1. The van der Waals surface area contributed by atoms with Gasteiger partial charge in [0.25, 0.3) is 5.56 Å². The van der Waals surface area contributed by atoms with E-state index >= 15 is 0 Å². The van der Waals surface area contributed by atoms with Crippen molar-refractivity contribution in [2.45, 2.75) is 6.04 Å². The molecule has 1 aliphatic rings. The van der Waals surface area contributed by atoms with Gasteiger partial charge < -0.3 is 19.8 Å². The van der Waals surface area contributed by atoms with Crippen LogP contribution in [0.5, 0.6) is 0 Å². The maximum absolute atomic E-state index is 11.6. The van der Waals surface area contributed by atoms with Gasteiger partial charge >= 0.3 is 0 Å². The Bertz CT molecular complexity index is 675. The molecule has 2 aromatic rings. The van der Waals surface area contributed by atoms with Crippen LogP contribution in [0.15, 0.2) is 29.6 Å². The van der Waals surface area contributed by atoms with Gasteiger partial charge in [-0.2, -0.15) is 0 Å². The Morgan fingerprint density at radius 1 is 1.26 bits per heavy atom. The molecule has 100 valence electrons. The Labute approximate surface area is 108 Å². The van der Waals surface area contributed by atoms with Crippen LogP contribution in [0.4, 0.5) is 0 Å². The maximum Gasteiger partial charge on any atom is 0.278 e. The molecule has 7 nitrogen and oxygen atoms in total. The number of aliphatic hydroxyl groups excluding tert-OH is 2. The lowest BCUT2D eigenvalue weighted by molar-refractivity contribution is 0.132. The van der Waals surface area contributed by atoms with Crippen LogP contribution in [0.1, 0.15) is 6.04 Å². The molecule has 3 rings (SSSR count). The zero-order valence-electron chi connectivity index (χ0n) is 10.1. The van der Waals surface area contributed by atoms with Crippen LogP contribution < -0.4 is 5.56 Å². The highest BCUT2D eigenvalue weighted by molar-refractivity contribution is 5.69. The van der Waals surface area contributed by atoms with Gasteiger partial charge in [0.15, 0.2) is 11.2 Å². The van der Waals surface area contributed by atoms with E-state index in [0.717, 1.165) is 0 Å². The monoisotopic (exact) mass is 262 g/mol. The minimum Gasteiger partial charge on any atom is -0.396 e. The molecule has 1 aliphatic carbocycles. The number of hydrogen-bond donors (Lipinski definition) is 3. The summed E-state index contributed by atoms with van der Waals surface area (Å²) in [6.07, 6.45) is 6.67. The average Bonchev–Trinajstić information content (AvgIpc) is 3.01. The van der Waals surface area contributed by atoms with Crippen LogP contribution in [-0.2, 0) is 0 Å². The van der Waals surface area contributed by atoms with Crippen LogP contribution in [0, 0.1) is 11.8 Å². The molecule has 0 radical (unpaired) electrons. The summed E-state index contributed by atoms with van der Waals surface area (Å²) in [6, 6.07) is -0.151. The van der Waals surface area contributed by atoms with Gasteiger partial charge in [0, 0.05) is 25.0 Å². The number of nitrogens with one attached hydrogen (secondary N) is 1. The van der Waals surface area contributed by atoms with Crippen molar-refractivity contribution in [2.75, 3.05) is 13.2 Å². The van der Waals surface area contributed by atoms with Gasteiger partial charge in [-0.3, -0.25) is 4.79 Å². The first kappa shape index (κ1) is 12.1. The third-order valence-corrected chi connectivity index (χ3v) is 3.65. The fraction of sp³-hybridized carbons (Fsp3) is 0.417. The second kappa shape index (κ2) is 4.60. The minimum absolute atomic E-state index is 0.0150. The highest BCUT2D eigenvalue weighted by atomic mass is 16.3. The van der Waals surface area contributed by atoms with Crippen molar-refractivity contribution in [1.82, 2.24) is 19.5 Å². The van der Waals surface area contributed by atoms with Crippen LogP contribution in [0.2, 0.25) is 0 Å². The Balaban J connectivity index is 2.08. The average molecular weight is 262 g/mol. The molecule has 0 aliphatic heterocycles. The third kappa shape index (κ3) is 1.78. The summed E-state index contributed by atoms with van der Waals surface area (Å²) < 4.78 is 1.76. The third-order valence-electron chi connectivity index (χ3n) is 3.65. The normalized spacial score (nSPS) is 26.3. The second-order valence-corrected chi connectivity index (χ2v) is 4.62. The molecule has 0 unspecified atom stereocenters. The zero-order chi connectivity index (χ0) is 13.4. The number of nitrogens with zero attached hydrogens (tertiary/aromatic N) is 3. The number of fused-ring (bicyclic) bond motifs is 1. The fourth-order valence-corrected chi connectivity index (χ4v) is 2.62. The molecule has 0 aromatic carbocycles. The van der Waals surface area contributed by atoms with Crippen molar-refractivity contribution >= 4 is 11.2 Å². The van der Waals surface area contributed by atoms with Gasteiger partial charge in [-0.05, 0) is 0 Å². The van der Waals surface area contributed by atoms with Crippen molar-refractivity contribution in [2.24, 2.45) is 11.8 Å². The molecule has 2 aromatic heterocycles. The standard InChI is InChI=1S/C12H14N4O3/c17-3-7-1-2-9(8(7)4-18)16-6-15-10-11(16)13-5-14-12(10)19/h1-2,5-9,17-18H,3-4H2,(H,13,14,19)/t7-,8-,9-/m1/s1. The minimum atomic E-state index is -0.287. The number of hydrogen-bond acceptors (Lipinski definition) is 5. The molecule has 0 bridgehead atoms. The highest BCUT2D eigenvalue weighted by Crippen LogP contribution is 2.35. The largest absolute Gasteiger partial charge is 0.396 e. The first-order valence-corrected chi connectivity index (χ1v) is 6.06. The first-order valence-electron chi connectivity index (χ1n) is 6.06. The van der Waals surface area contributed by atoms with Crippen molar-refractivity contribution in [3.8, 4) is 0 Å². The number of imidazole rings is 1. The molecule has 0 fully saturated rings. The van der Waals surface area contributed by atoms with E-state index in [1.165, 1.54) is 6.33 Å². The van der Waals surface area contributed by atoms with E-state index in [1.54, 1.807) is 10.9 Å². The van der Waals surface area contributed by atoms with Crippen molar-refractivity contribution < 1.29 is 10.2 Å². The fourth-order valence-electron chi connectivity index (χ4n) is 2.62. The van der Waals surface area contributed by atoms with E-state index in [1.807, 2.05) is 12.2 Å². The lowest BCUT2D eigenvalue weighted by Gasteiger charge is -2.23. The topological polar surface area (TPSA) is 104 Å². The molecule has 19 heavy (non-hydrogen) atoms. The SMILES string of the molecule is O=c1[nH]cnc2c1ncn2[C@@H]1C=C[C@H](CO)[C@H]1CO.